The molecule has 4 rings (SSSR count). The Hall–Kier alpha value is -2.55. The zero-order chi connectivity index (χ0) is 20.9. The number of rotatable bonds is 2. The van der Waals surface area contributed by atoms with E-state index < -0.39 is 0 Å². The number of benzene rings is 2. The Bertz CT molecular complexity index is 973. The lowest BCUT2D eigenvalue weighted by Gasteiger charge is -2.39. The molecule has 3 nitrogen and oxygen atoms in total. The van der Waals surface area contributed by atoms with Crippen molar-refractivity contribution in [1.82, 2.24) is 5.32 Å². The Morgan fingerprint density at radius 3 is 2.45 bits per heavy atom. The van der Waals surface area contributed by atoms with Crippen molar-refractivity contribution < 1.29 is 4.79 Å². The molecule has 29 heavy (non-hydrogen) atoms. The molecule has 0 aromatic heterocycles. The van der Waals surface area contributed by atoms with Crippen LogP contribution in [0.25, 0.3) is 0 Å². The number of carbonyl (C=O) groups is 1. The smallest absolute Gasteiger partial charge is 0.253 e. The van der Waals surface area contributed by atoms with Crippen LogP contribution in [0.3, 0.4) is 0 Å². The molecule has 3 atom stereocenters. The van der Waals surface area contributed by atoms with Gasteiger partial charge in [-0.2, -0.15) is 0 Å². The van der Waals surface area contributed by atoms with Crippen molar-refractivity contribution in [3.8, 4) is 0 Å². The number of para-hydroxylation sites is 1. The summed E-state index contributed by atoms with van der Waals surface area (Å²) in [4.78, 5) is 13.1. The molecule has 0 saturated heterocycles. The van der Waals surface area contributed by atoms with E-state index in [9.17, 15) is 4.79 Å². The number of aryl methyl sites for hydroxylation is 3. The fraction of sp³-hybridized carbons (Fsp3) is 0.423. The van der Waals surface area contributed by atoms with Crippen molar-refractivity contribution in [2.24, 2.45) is 5.92 Å². The summed E-state index contributed by atoms with van der Waals surface area (Å²) in [6.07, 6.45) is 5.70. The molecule has 1 aliphatic carbocycles. The predicted octanol–water partition coefficient (Wildman–Crippen LogP) is 5.97. The first-order valence-electron chi connectivity index (χ1n) is 10.6. The van der Waals surface area contributed by atoms with Crippen LogP contribution >= 0.6 is 0 Å². The van der Waals surface area contributed by atoms with Crippen LogP contribution in [0.1, 0.15) is 77.3 Å². The highest BCUT2D eigenvalue weighted by atomic mass is 16.1. The summed E-state index contributed by atoms with van der Waals surface area (Å²) in [5, 5.41) is 6.95. The highest BCUT2D eigenvalue weighted by molar-refractivity contribution is 6.01. The minimum absolute atomic E-state index is 0.0154. The normalized spacial score (nSPS) is 22.6. The lowest BCUT2D eigenvalue weighted by atomic mass is 9.74. The highest BCUT2D eigenvalue weighted by Crippen LogP contribution is 2.51. The first-order valence-corrected chi connectivity index (χ1v) is 10.6. The van der Waals surface area contributed by atoms with Crippen molar-refractivity contribution >= 4 is 11.6 Å². The Labute approximate surface area is 174 Å². The molecule has 0 spiro atoms. The molecule has 0 radical (unpaired) electrons. The summed E-state index contributed by atoms with van der Waals surface area (Å²) in [6, 6.07) is 10.9. The molecule has 152 valence electrons. The molecule has 1 heterocycles. The number of amides is 1. The van der Waals surface area contributed by atoms with Crippen LogP contribution in [0.2, 0.25) is 0 Å². The third-order valence-electron chi connectivity index (χ3n) is 6.18. The molecular formula is C26H32N2O. The average molecular weight is 389 g/mol. The van der Waals surface area contributed by atoms with Crippen LogP contribution in [0, 0.1) is 26.7 Å². The van der Waals surface area contributed by atoms with Crippen molar-refractivity contribution in [3.05, 3.63) is 75.9 Å². The molecule has 1 amide bonds. The molecular weight excluding hydrogens is 356 g/mol. The van der Waals surface area contributed by atoms with Crippen molar-refractivity contribution in [2.75, 3.05) is 5.32 Å². The molecule has 2 aromatic carbocycles. The maximum Gasteiger partial charge on any atom is 0.253 e. The Balaban J connectivity index is 1.82. The van der Waals surface area contributed by atoms with Crippen LogP contribution in [0.5, 0.6) is 0 Å². The van der Waals surface area contributed by atoms with Gasteiger partial charge in [0.1, 0.15) is 0 Å². The lowest BCUT2D eigenvalue weighted by molar-refractivity contribution is 0.0920. The van der Waals surface area contributed by atoms with Gasteiger partial charge in [0.2, 0.25) is 0 Å². The highest BCUT2D eigenvalue weighted by Gasteiger charge is 2.40. The van der Waals surface area contributed by atoms with Gasteiger partial charge in [-0.1, -0.05) is 42.0 Å². The Kier molecular flexibility index (Phi) is 4.80. The van der Waals surface area contributed by atoms with Gasteiger partial charge in [0.15, 0.2) is 0 Å². The summed E-state index contributed by atoms with van der Waals surface area (Å²) in [5.74, 6) is 0.806. The maximum atomic E-state index is 13.1. The molecule has 1 aliphatic heterocycles. The van der Waals surface area contributed by atoms with E-state index in [2.05, 4.69) is 61.8 Å². The summed E-state index contributed by atoms with van der Waals surface area (Å²) in [6.45, 7) is 12.6. The van der Waals surface area contributed by atoms with Gasteiger partial charge in [-0.15, -0.1) is 0 Å². The second-order valence-electron chi connectivity index (χ2n) is 9.76. The van der Waals surface area contributed by atoms with Crippen molar-refractivity contribution in [1.29, 1.82) is 0 Å². The number of nitrogens with one attached hydrogen (secondary N) is 2. The molecule has 3 heteroatoms. The molecule has 0 bridgehead atoms. The standard InChI is InChI=1S/C26H32N2O/c1-15-13-16(2)22(17(3)14-15)24-20-11-7-9-18(20)19-10-8-12-21(23(19)27-24)25(29)28-26(4,5)6/h7-10,12-14,18,20,24,27H,11H2,1-6H3,(H,28,29). The minimum Gasteiger partial charge on any atom is -0.377 e. The predicted molar refractivity (Wildman–Crippen MR) is 121 cm³/mol. The monoisotopic (exact) mass is 388 g/mol. The Morgan fingerprint density at radius 2 is 1.79 bits per heavy atom. The number of fused-ring (bicyclic) bond motifs is 3. The number of hydrogen-bond donors (Lipinski definition) is 2. The van der Waals surface area contributed by atoms with E-state index in [1.807, 2.05) is 32.9 Å². The van der Waals surface area contributed by atoms with Gasteiger partial charge in [0.25, 0.3) is 5.91 Å². The van der Waals surface area contributed by atoms with Gasteiger partial charge < -0.3 is 10.6 Å². The van der Waals surface area contributed by atoms with Crippen LogP contribution in [0.4, 0.5) is 5.69 Å². The van der Waals surface area contributed by atoms with E-state index in [-0.39, 0.29) is 17.5 Å². The van der Waals surface area contributed by atoms with Crippen molar-refractivity contribution in [3.63, 3.8) is 0 Å². The van der Waals surface area contributed by atoms with E-state index in [1.165, 1.54) is 27.8 Å². The van der Waals surface area contributed by atoms with E-state index in [0.29, 0.717) is 11.8 Å². The third-order valence-corrected chi connectivity index (χ3v) is 6.18. The van der Waals surface area contributed by atoms with E-state index in [1.54, 1.807) is 0 Å². The molecule has 2 aromatic rings. The van der Waals surface area contributed by atoms with Crippen molar-refractivity contribution in [2.45, 2.75) is 65.5 Å². The maximum absolute atomic E-state index is 13.1. The third kappa shape index (κ3) is 3.59. The van der Waals surface area contributed by atoms with Gasteiger partial charge in [-0.25, -0.2) is 0 Å². The van der Waals surface area contributed by atoms with E-state index in [0.717, 1.165) is 17.7 Å². The second-order valence-corrected chi connectivity index (χ2v) is 9.76. The summed E-state index contributed by atoms with van der Waals surface area (Å²) < 4.78 is 0. The molecule has 2 aliphatic rings. The zero-order valence-electron chi connectivity index (χ0n) is 18.4. The topological polar surface area (TPSA) is 41.1 Å². The molecule has 2 N–H and O–H groups in total. The molecule has 3 unspecified atom stereocenters. The van der Waals surface area contributed by atoms with Crippen LogP contribution in [0.15, 0.2) is 42.5 Å². The Morgan fingerprint density at radius 1 is 1.10 bits per heavy atom. The second kappa shape index (κ2) is 7.05. The van der Waals surface area contributed by atoms with Gasteiger partial charge in [0, 0.05) is 11.5 Å². The summed E-state index contributed by atoms with van der Waals surface area (Å²) >= 11 is 0. The van der Waals surface area contributed by atoms with Gasteiger partial charge in [0.05, 0.1) is 17.3 Å². The first kappa shape index (κ1) is 19.8. The zero-order valence-corrected chi connectivity index (χ0v) is 18.4. The van der Waals surface area contributed by atoms with E-state index in [4.69, 9.17) is 0 Å². The van der Waals surface area contributed by atoms with Gasteiger partial charge in [-0.3, -0.25) is 4.79 Å². The molecule has 0 saturated carbocycles. The first-order chi connectivity index (χ1) is 13.7. The van der Waals surface area contributed by atoms with Crippen LogP contribution < -0.4 is 10.6 Å². The average Bonchev–Trinajstić information content (AvgIpc) is 3.09. The number of anilines is 1. The fourth-order valence-corrected chi connectivity index (χ4v) is 5.19. The van der Waals surface area contributed by atoms with Gasteiger partial charge in [-0.05, 0) is 82.2 Å². The van der Waals surface area contributed by atoms with Gasteiger partial charge >= 0.3 is 0 Å². The lowest BCUT2D eigenvalue weighted by Crippen LogP contribution is -2.41. The molecule has 0 fully saturated rings. The minimum atomic E-state index is -0.270. The largest absolute Gasteiger partial charge is 0.377 e. The number of hydrogen-bond acceptors (Lipinski definition) is 2. The SMILES string of the molecule is Cc1cc(C)c(C2Nc3c(C(=O)NC(C)(C)C)cccc3C3C=CCC32)c(C)c1. The number of allylic oxidation sites excluding steroid dienone is 2. The summed E-state index contributed by atoms with van der Waals surface area (Å²) in [5.41, 5.74) is 8.03. The number of carbonyl (C=O) groups excluding carboxylic acids is 1. The van der Waals surface area contributed by atoms with Crippen LogP contribution in [-0.4, -0.2) is 11.4 Å². The van der Waals surface area contributed by atoms with Crippen LogP contribution in [-0.2, 0) is 0 Å². The quantitative estimate of drug-likeness (QED) is 0.623. The fourth-order valence-electron chi connectivity index (χ4n) is 5.19. The summed E-state index contributed by atoms with van der Waals surface area (Å²) in [7, 11) is 0. The van der Waals surface area contributed by atoms with E-state index >= 15 is 0 Å².